The van der Waals surface area contributed by atoms with Crippen molar-refractivity contribution in [1.82, 2.24) is 5.32 Å². The summed E-state index contributed by atoms with van der Waals surface area (Å²) in [5.41, 5.74) is 4.86. The third kappa shape index (κ3) is 5.84. The van der Waals surface area contributed by atoms with Crippen molar-refractivity contribution in [1.29, 1.82) is 0 Å². The second kappa shape index (κ2) is 5.29. The molecule has 13 heavy (non-hydrogen) atoms. The molecule has 0 spiro atoms. The molecule has 0 rings (SSSR count). The number of primary amides is 1. The van der Waals surface area contributed by atoms with Crippen molar-refractivity contribution in [3.63, 3.8) is 0 Å². The van der Waals surface area contributed by atoms with Gasteiger partial charge >= 0.3 is 0 Å². The molecular weight excluding hydrogens is 172 g/mol. The Hall–Kier alpha value is -1.39. The molecule has 0 aromatic heterocycles. The number of carbonyl (C=O) groups excluding carboxylic acids is 3. The molecule has 0 unspecified atom stereocenters. The maximum Gasteiger partial charge on any atom is 0.217 e. The van der Waals surface area contributed by atoms with Gasteiger partial charge in [0.15, 0.2) is 5.78 Å². The van der Waals surface area contributed by atoms with E-state index in [2.05, 4.69) is 5.32 Å². The molecule has 1 atom stereocenters. The van der Waals surface area contributed by atoms with Gasteiger partial charge in [0.1, 0.15) is 0 Å². The van der Waals surface area contributed by atoms with Crippen LogP contribution in [0.5, 0.6) is 0 Å². The number of hydrogen-bond donors (Lipinski definition) is 2. The summed E-state index contributed by atoms with van der Waals surface area (Å²) in [6, 6.07) is -0.545. The van der Waals surface area contributed by atoms with Gasteiger partial charge < -0.3 is 11.1 Å². The fraction of sp³-hybridized carbons (Fsp3) is 0.625. The van der Waals surface area contributed by atoms with Crippen molar-refractivity contribution in [2.75, 3.05) is 0 Å². The molecule has 74 valence electrons. The Morgan fingerprint density at radius 3 is 2.23 bits per heavy atom. The summed E-state index contributed by atoms with van der Waals surface area (Å²) in [7, 11) is 0. The summed E-state index contributed by atoms with van der Waals surface area (Å²) in [5.74, 6) is -0.961. The lowest BCUT2D eigenvalue weighted by Gasteiger charge is -2.09. The van der Waals surface area contributed by atoms with Gasteiger partial charge in [-0.1, -0.05) is 0 Å². The maximum absolute atomic E-state index is 11.2. The Bertz CT molecular complexity index is 225. The lowest BCUT2D eigenvalue weighted by Crippen LogP contribution is -2.37. The zero-order valence-corrected chi connectivity index (χ0v) is 7.79. The van der Waals surface area contributed by atoms with E-state index in [-0.39, 0.29) is 24.5 Å². The molecular formula is C8H14N2O3. The zero-order chi connectivity index (χ0) is 10.4. The molecule has 0 aliphatic heterocycles. The van der Waals surface area contributed by atoms with E-state index in [1.807, 2.05) is 0 Å². The van der Waals surface area contributed by atoms with E-state index in [0.29, 0.717) is 0 Å². The Labute approximate surface area is 76.7 Å². The summed E-state index contributed by atoms with van der Waals surface area (Å²) in [6.07, 6.45) is 0.111. The summed E-state index contributed by atoms with van der Waals surface area (Å²) in [6.45, 7) is 2.91. The smallest absolute Gasteiger partial charge is 0.217 e. The fourth-order valence-corrected chi connectivity index (χ4v) is 0.848. The molecule has 0 fully saturated rings. The van der Waals surface area contributed by atoms with Crippen LogP contribution in [0, 0.1) is 0 Å². The summed E-state index contributed by atoms with van der Waals surface area (Å²) >= 11 is 0. The van der Waals surface area contributed by atoms with E-state index in [4.69, 9.17) is 5.73 Å². The highest BCUT2D eigenvalue weighted by Gasteiger charge is 2.13. The van der Waals surface area contributed by atoms with Crippen molar-refractivity contribution < 1.29 is 14.4 Å². The standard InChI is InChI=1S/C8H14N2O3/c1-5(10-6(2)11)7(12)3-4-8(9)13/h5H,3-4H2,1-2H3,(H2,9,13)(H,10,11)/t5-/m0/s1. The number of ketones is 1. The van der Waals surface area contributed by atoms with Crippen LogP contribution in [0.4, 0.5) is 0 Å². The summed E-state index contributed by atoms with van der Waals surface area (Å²) in [4.78, 5) is 32.0. The van der Waals surface area contributed by atoms with Gasteiger partial charge in [0.2, 0.25) is 11.8 Å². The number of carbonyl (C=O) groups is 3. The minimum absolute atomic E-state index is 0.0305. The second-order valence-corrected chi connectivity index (χ2v) is 2.85. The van der Waals surface area contributed by atoms with Gasteiger partial charge in [-0.2, -0.15) is 0 Å². The topological polar surface area (TPSA) is 89.3 Å². The monoisotopic (exact) mass is 186 g/mol. The average molecular weight is 186 g/mol. The van der Waals surface area contributed by atoms with Crippen LogP contribution in [-0.2, 0) is 14.4 Å². The van der Waals surface area contributed by atoms with Gasteiger partial charge in [-0.15, -0.1) is 0 Å². The predicted molar refractivity (Wildman–Crippen MR) is 46.7 cm³/mol. The Balaban J connectivity index is 3.82. The first-order chi connectivity index (χ1) is 5.93. The molecule has 0 aliphatic carbocycles. The molecule has 5 nitrogen and oxygen atoms in total. The number of amides is 2. The van der Waals surface area contributed by atoms with Crippen LogP contribution in [0.25, 0.3) is 0 Å². The second-order valence-electron chi connectivity index (χ2n) is 2.85. The minimum Gasteiger partial charge on any atom is -0.370 e. The number of rotatable bonds is 5. The van der Waals surface area contributed by atoms with Gasteiger partial charge in [-0.3, -0.25) is 14.4 Å². The van der Waals surface area contributed by atoms with Gasteiger partial charge in [-0.05, 0) is 6.92 Å². The fourth-order valence-electron chi connectivity index (χ4n) is 0.848. The molecule has 0 saturated carbocycles. The highest BCUT2D eigenvalue weighted by Crippen LogP contribution is 1.95. The van der Waals surface area contributed by atoms with E-state index in [1.165, 1.54) is 6.92 Å². The number of nitrogens with one attached hydrogen (secondary N) is 1. The van der Waals surface area contributed by atoms with Gasteiger partial charge in [0, 0.05) is 19.8 Å². The molecule has 5 heteroatoms. The summed E-state index contributed by atoms with van der Waals surface area (Å²) in [5, 5.41) is 2.43. The van der Waals surface area contributed by atoms with E-state index >= 15 is 0 Å². The lowest BCUT2D eigenvalue weighted by molar-refractivity contribution is -0.127. The number of Topliss-reactive ketones (excluding diaryl/α,β-unsaturated/α-hetero) is 1. The highest BCUT2D eigenvalue weighted by molar-refractivity contribution is 5.90. The van der Waals surface area contributed by atoms with Crippen LogP contribution in [0.15, 0.2) is 0 Å². The molecule has 0 bridgehead atoms. The van der Waals surface area contributed by atoms with E-state index < -0.39 is 11.9 Å². The molecule has 0 radical (unpaired) electrons. The minimum atomic E-state index is -0.545. The SMILES string of the molecule is CC(=O)N[C@@H](C)C(=O)CCC(N)=O. The molecule has 0 aromatic rings. The van der Waals surface area contributed by atoms with E-state index in [9.17, 15) is 14.4 Å². The third-order valence-corrected chi connectivity index (χ3v) is 1.52. The van der Waals surface area contributed by atoms with E-state index in [1.54, 1.807) is 6.92 Å². The van der Waals surface area contributed by atoms with Crippen LogP contribution < -0.4 is 11.1 Å². The largest absolute Gasteiger partial charge is 0.370 e. The van der Waals surface area contributed by atoms with E-state index in [0.717, 1.165) is 0 Å². The number of nitrogens with two attached hydrogens (primary N) is 1. The van der Waals surface area contributed by atoms with Gasteiger partial charge in [0.05, 0.1) is 6.04 Å². The van der Waals surface area contributed by atoms with Crippen molar-refractivity contribution in [3.05, 3.63) is 0 Å². The Kier molecular flexibility index (Phi) is 4.72. The predicted octanol–water partition coefficient (Wildman–Crippen LogP) is -0.654. The molecule has 0 aromatic carbocycles. The number of hydrogen-bond acceptors (Lipinski definition) is 3. The molecule has 2 amide bonds. The molecule has 0 saturated heterocycles. The Morgan fingerprint density at radius 1 is 1.31 bits per heavy atom. The van der Waals surface area contributed by atoms with Crippen LogP contribution in [0.1, 0.15) is 26.7 Å². The zero-order valence-electron chi connectivity index (χ0n) is 7.79. The van der Waals surface area contributed by atoms with Gasteiger partial charge in [-0.25, -0.2) is 0 Å². The highest BCUT2D eigenvalue weighted by atomic mass is 16.2. The normalized spacial score (nSPS) is 11.8. The van der Waals surface area contributed by atoms with Crippen LogP contribution >= 0.6 is 0 Å². The van der Waals surface area contributed by atoms with Crippen molar-refractivity contribution in [3.8, 4) is 0 Å². The quantitative estimate of drug-likeness (QED) is 0.597. The lowest BCUT2D eigenvalue weighted by atomic mass is 10.1. The molecule has 0 heterocycles. The first kappa shape index (κ1) is 11.6. The first-order valence-corrected chi connectivity index (χ1v) is 4.01. The molecule has 3 N–H and O–H groups in total. The first-order valence-electron chi connectivity index (χ1n) is 4.01. The van der Waals surface area contributed by atoms with Gasteiger partial charge in [0.25, 0.3) is 0 Å². The van der Waals surface area contributed by atoms with Crippen molar-refractivity contribution in [2.45, 2.75) is 32.7 Å². The Morgan fingerprint density at radius 2 is 1.85 bits per heavy atom. The third-order valence-electron chi connectivity index (χ3n) is 1.52. The van der Waals surface area contributed by atoms with Crippen LogP contribution in [0.3, 0.4) is 0 Å². The van der Waals surface area contributed by atoms with Crippen molar-refractivity contribution >= 4 is 17.6 Å². The molecule has 0 aliphatic rings. The maximum atomic E-state index is 11.2. The van der Waals surface area contributed by atoms with Crippen LogP contribution in [0.2, 0.25) is 0 Å². The average Bonchev–Trinajstić information content (AvgIpc) is 1.98. The summed E-state index contributed by atoms with van der Waals surface area (Å²) < 4.78 is 0. The van der Waals surface area contributed by atoms with Crippen LogP contribution in [-0.4, -0.2) is 23.6 Å². The van der Waals surface area contributed by atoms with Crippen molar-refractivity contribution in [2.24, 2.45) is 5.73 Å².